The predicted molar refractivity (Wildman–Crippen MR) is 221 cm³/mol. The zero-order valence-corrected chi connectivity index (χ0v) is 29.4. The lowest BCUT2D eigenvalue weighted by molar-refractivity contribution is 1.18. The van der Waals surface area contributed by atoms with E-state index in [9.17, 15) is 0 Å². The molecule has 3 aromatic heterocycles. The van der Waals surface area contributed by atoms with Crippen LogP contribution in [0, 0.1) is 0 Å². The van der Waals surface area contributed by atoms with E-state index in [-0.39, 0.29) is 0 Å². The minimum Gasteiger partial charge on any atom is -0.265 e. The Labute approximate surface area is 315 Å². The number of hydrogen-bond donors (Lipinski definition) is 0. The van der Waals surface area contributed by atoms with Gasteiger partial charge in [-0.1, -0.05) is 121 Å². The highest BCUT2D eigenvalue weighted by molar-refractivity contribution is 5.85. The van der Waals surface area contributed by atoms with Crippen LogP contribution in [0.25, 0.3) is 89.5 Å². The highest BCUT2D eigenvalue weighted by Gasteiger charge is 2.13. The van der Waals surface area contributed by atoms with E-state index in [1.165, 1.54) is 33.4 Å². The molecule has 0 aliphatic heterocycles. The molecule has 0 saturated carbocycles. The lowest BCUT2D eigenvalue weighted by atomic mass is 9.91. The Kier molecular flexibility index (Phi) is 8.90. The first kappa shape index (κ1) is 32.6. The zero-order valence-electron chi connectivity index (χ0n) is 29.4. The van der Waals surface area contributed by atoms with E-state index in [4.69, 9.17) is 9.97 Å². The molecular weight excluding hydrogens is 657 g/mol. The van der Waals surface area contributed by atoms with Gasteiger partial charge in [0.15, 0.2) is 5.82 Å². The van der Waals surface area contributed by atoms with Crippen LogP contribution in [0.15, 0.2) is 207 Å². The third-order valence-electron chi connectivity index (χ3n) is 9.69. The minimum atomic E-state index is 0.660. The zero-order chi connectivity index (χ0) is 36.1. The third-order valence-corrected chi connectivity index (χ3v) is 9.69. The van der Waals surface area contributed by atoms with Crippen LogP contribution in [0.2, 0.25) is 0 Å². The van der Waals surface area contributed by atoms with Crippen molar-refractivity contribution in [2.75, 3.05) is 0 Å². The summed E-state index contributed by atoms with van der Waals surface area (Å²) >= 11 is 0. The fraction of sp³-hybridized carbons (Fsp3) is 0. The molecule has 254 valence electrons. The monoisotopic (exact) mass is 690 g/mol. The van der Waals surface area contributed by atoms with E-state index in [0.717, 1.165) is 50.3 Å². The molecule has 3 heterocycles. The molecule has 0 aliphatic carbocycles. The summed E-state index contributed by atoms with van der Waals surface area (Å²) in [5.41, 5.74) is 16.3. The van der Waals surface area contributed by atoms with Gasteiger partial charge >= 0.3 is 0 Å². The predicted octanol–water partition coefficient (Wildman–Crippen LogP) is 12.6. The number of nitrogens with zero attached hydrogens (tertiary/aromatic N) is 4. The van der Waals surface area contributed by atoms with Gasteiger partial charge in [0.1, 0.15) is 0 Å². The molecule has 4 nitrogen and oxygen atoms in total. The van der Waals surface area contributed by atoms with Gasteiger partial charge in [-0.25, -0.2) is 9.97 Å². The Morgan fingerprint density at radius 3 is 1.00 bits per heavy atom. The lowest BCUT2D eigenvalue weighted by Gasteiger charge is -2.14. The molecule has 0 spiro atoms. The Hall–Kier alpha value is -7.30. The average molecular weight is 691 g/mol. The first-order valence-electron chi connectivity index (χ1n) is 18.0. The SMILES string of the molecule is c1ccc(-c2cccc(-c3cc(-c4ccc(-c5nc(-c6ccncc6)cc(-c6ccncc6)n5)cc4)cc(-c4cccc(-c5ccccc5)c4)c3)c2)cc1. The maximum Gasteiger partial charge on any atom is 0.160 e. The van der Waals surface area contributed by atoms with Crippen molar-refractivity contribution in [2.24, 2.45) is 0 Å². The summed E-state index contributed by atoms with van der Waals surface area (Å²) in [5, 5.41) is 0. The first-order chi connectivity index (χ1) is 26.7. The minimum absolute atomic E-state index is 0.660. The van der Waals surface area contributed by atoms with Gasteiger partial charge in [-0.2, -0.15) is 0 Å². The summed E-state index contributed by atoms with van der Waals surface area (Å²) in [7, 11) is 0. The second kappa shape index (κ2) is 14.7. The van der Waals surface area contributed by atoms with E-state index in [2.05, 4.69) is 162 Å². The molecule has 0 aliphatic rings. The molecule has 6 aromatic carbocycles. The first-order valence-corrected chi connectivity index (χ1v) is 18.0. The Bertz CT molecular complexity index is 2520. The molecule has 54 heavy (non-hydrogen) atoms. The summed E-state index contributed by atoms with van der Waals surface area (Å²) in [4.78, 5) is 18.5. The molecule has 0 saturated heterocycles. The van der Waals surface area contributed by atoms with Gasteiger partial charge in [-0.15, -0.1) is 0 Å². The molecule has 0 bridgehead atoms. The molecule has 4 heteroatoms. The molecule has 0 unspecified atom stereocenters. The number of benzene rings is 6. The average Bonchev–Trinajstić information content (AvgIpc) is 3.27. The van der Waals surface area contributed by atoms with Crippen molar-refractivity contribution in [1.82, 2.24) is 19.9 Å². The van der Waals surface area contributed by atoms with Crippen molar-refractivity contribution in [1.29, 1.82) is 0 Å². The Morgan fingerprint density at radius 1 is 0.222 bits per heavy atom. The summed E-state index contributed by atoms with van der Waals surface area (Å²) in [6.45, 7) is 0. The Morgan fingerprint density at radius 2 is 0.556 bits per heavy atom. The van der Waals surface area contributed by atoms with Crippen LogP contribution in [0.1, 0.15) is 0 Å². The molecular formula is C50H34N4. The van der Waals surface area contributed by atoms with Gasteiger partial charge in [0.2, 0.25) is 0 Å². The van der Waals surface area contributed by atoms with E-state index < -0.39 is 0 Å². The second-order valence-electron chi connectivity index (χ2n) is 13.2. The third kappa shape index (κ3) is 6.97. The number of aromatic nitrogens is 4. The summed E-state index contributed by atoms with van der Waals surface area (Å²) in [5.74, 6) is 0.660. The van der Waals surface area contributed by atoms with Crippen LogP contribution in [-0.2, 0) is 0 Å². The van der Waals surface area contributed by atoms with Crippen LogP contribution in [0.4, 0.5) is 0 Å². The van der Waals surface area contributed by atoms with Gasteiger partial charge in [0.05, 0.1) is 11.4 Å². The highest BCUT2D eigenvalue weighted by Crippen LogP contribution is 2.37. The molecule has 0 amide bonds. The van der Waals surface area contributed by atoms with Crippen LogP contribution in [0.3, 0.4) is 0 Å². The van der Waals surface area contributed by atoms with Gasteiger partial charge in [-0.05, 0) is 116 Å². The molecule has 0 radical (unpaired) electrons. The van der Waals surface area contributed by atoms with Gasteiger partial charge < -0.3 is 0 Å². The normalized spacial score (nSPS) is 11.0. The van der Waals surface area contributed by atoms with E-state index in [1.54, 1.807) is 24.8 Å². The standard InChI is InChI=1S/C50H34N4/c1-3-9-35(10-4-1)41-13-7-15-43(29-41)46-31-45(32-47(33-46)44-16-8-14-42(30-44)36-11-5-2-6-12-36)37-17-19-40(20-18-37)50-53-48(38-21-25-51-26-22-38)34-49(54-50)39-23-27-52-28-24-39/h1-34H. The number of pyridine rings is 2. The molecule has 0 N–H and O–H groups in total. The smallest absolute Gasteiger partial charge is 0.160 e. The Balaban J connectivity index is 1.14. The van der Waals surface area contributed by atoms with Crippen LogP contribution in [0.5, 0.6) is 0 Å². The van der Waals surface area contributed by atoms with Crippen molar-refractivity contribution >= 4 is 0 Å². The molecule has 9 aromatic rings. The fourth-order valence-corrected chi connectivity index (χ4v) is 6.87. The number of rotatable bonds is 8. The van der Waals surface area contributed by atoms with Crippen LogP contribution in [-0.4, -0.2) is 19.9 Å². The molecule has 9 rings (SSSR count). The lowest BCUT2D eigenvalue weighted by Crippen LogP contribution is -1.96. The van der Waals surface area contributed by atoms with Crippen molar-refractivity contribution in [2.45, 2.75) is 0 Å². The summed E-state index contributed by atoms with van der Waals surface area (Å²) < 4.78 is 0. The topological polar surface area (TPSA) is 51.6 Å². The largest absolute Gasteiger partial charge is 0.265 e. The summed E-state index contributed by atoms with van der Waals surface area (Å²) in [6.07, 6.45) is 7.15. The van der Waals surface area contributed by atoms with Crippen LogP contribution >= 0.6 is 0 Å². The quantitative estimate of drug-likeness (QED) is 0.159. The highest BCUT2D eigenvalue weighted by atomic mass is 14.9. The van der Waals surface area contributed by atoms with Gasteiger partial charge in [-0.3, -0.25) is 9.97 Å². The maximum absolute atomic E-state index is 5.02. The molecule has 0 atom stereocenters. The molecule has 0 fully saturated rings. The van der Waals surface area contributed by atoms with Gasteiger partial charge in [0, 0.05) is 41.5 Å². The van der Waals surface area contributed by atoms with Crippen molar-refractivity contribution in [3.8, 4) is 89.5 Å². The van der Waals surface area contributed by atoms with E-state index in [0.29, 0.717) is 5.82 Å². The van der Waals surface area contributed by atoms with Crippen molar-refractivity contribution < 1.29 is 0 Å². The van der Waals surface area contributed by atoms with E-state index >= 15 is 0 Å². The maximum atomic E-state index is 5.02. The second-order valence-corrected chi connectivity index (χ2v) is 13.2. The van der Waals surface area contributed by atoms with Gasteiger partial charge in [0.25, 0.3) is 0 Å². The van der Waals surface area contributed by atoms with Crippen LogP contribution < -0.4 is 0 Å². The van der Waals surface area contributed by atoms with Crippen molar-refractivity contribution in [3.63, 3.8) is 0 Å². The number of hydrogen-bond acceptors (Lipinski definition) is 4. The van der Waals surface area contributed by atoms with E-state index in [1.807, 2.05) is 30.3 Å². The summed E-state index contributed by atoms with van der Waals surface area (Å²) in [6, 6.07) is 64.1. The fourth-order valence-electron chi connectivity index (χ4n) is 6.87. The van der Waals surface area contributed by atoms with Crippen molar-refractivity contribution in [3.05, 3.63) is 207 Å².